The Bertz CT molecular complexity index is 1050. The number of carbonyl (C=O) groups is 3. The molecule has 30 heavy (non-hydrogen) atoms. The van der Waals surface area contributed by atoms with Crippen LogP contribution in [0.15, 0.2) is 36.4 Å². The summed E-state index contributed by atoms with van der Waals surface area (Å²) < 4.78 is 5.66. The molecule has 1 aliphatic heterocycles. The molecule has 2 aromatic carbocycles. The topological polar surface area (TPSA) is 75.7 Å². The number of hydrogen-bond donors (Lipinski definition) is 1. The first-order valence-electron chi connectivity index (χ1n) is 10.4. The van der Waals surface area contributed by atoms with Crippen molar-refractivity contribution in [2.75, 3.05) is 6.61 Å². The zero-order valence-corrected chi connectivity index (χ0v) is 17.6. The summed E-state index contributed by atoms with van der Waals surface area (Å²) >= 11 is 0. The lowest BCUT2D eigenvalue weighted by Crippen LogP contribution is -2.41. The minimum atomic E-state index is -1.11. The standard InChI is InChI=1S/C24H26N2O4/c1-4-30-21-11-9-17(15(2)27)12-19(21)14-26-22(28)24(3,25-23(26)29)20-10-8-16-6-5-7-18(16)13-20/h8-13H,4-7,14H2,1-3H3,(H,25,29)/t24-/m0/s1. The smallest absolute Gasteiger partial charge is 0.325 e. The van der Waals surface area contributed by atoms with Gasteiger partial charge in [-0.2, -0.15) is 0 Å². The highest BCUT2D eigenvalue weighted by atomic mass is 16.5. The third-order valence-corrected chi connectivity index (χ3v) is 6.05. The van der Waals surface area contributed by atoms with Crippen LogP contribution in [0.5, 0.6) is 5.75 Å². The largest absolute Gasteiger partial charge is 0.494 e. The molecule has 0 spiro atoms. The number of benzene rings is 2. The number of nitrogens with one attached hydrogen (secondary N) is 1. The normalized spacial score (nSPS) is 20.3. The van der Waals surface area contributed by atoms with Crippen molar-refractivity contribution in [3.8, 4) is 5.75 Å². The van der Waals surface area contributed by atoms with E-state index >= 15 is 0 Å². The van der Waals surface area contributed by atoms with E-state index in [1.54, 1.807) is 25.1 Å². The lowest BCUT2D eigenvalue weighted by atomic mass is 9.89. The van der Waals surface area contributed by atoms with Gasteiger partial charge in [-0.25, -0.2) is 4.79 Å². The molecule has 0 radical (unpaired) electrons. The van der Waals surface area contributed by atoms with E-state index in [0.717, 1.165) is 24.8 Å². The number of nitrogens with zero attached hydrogens (tertiary/aromatic N) is 1. The quantitative estimate of drug-likeness (QED) is 0.586. The molecule has 1 fully saturated rings. The molecule has 1 atom stereocenters. The summed E-state index contributed by atoms with van der Waals surface area (Å²) in [6.45, 7) is 5.58. The maximum Gasteiger partial charge on any atom is 0.325 e. The minimum absolute atomic E-state index is 0.0433. The Morgan fingerprint density at radius 1 is 1.13 bits per heavy atom. The molecule has 1 aliphatic carbocycles. The van der Waals surface area contributed by atoms with E-state index in [4.69, 9.17) is 4.74 Å². The summed E-state index contributed by atoms with van der Waals surface area (Å²) in [5.41, 5.74) is 3.40. The number of Topliss-reactive ketones (excluding diaryl/α,β-unsaturated/α-hetero) is 1. The molecule has 6 nitrogen and oxygen atoms in total. The van der Waals surface area contributed by atoms with Gasteiger partial charge in [-0.15, -0.1) is 0 Å². The van der Waals surface area contributed by atoms with Gasteiger partial charge >= 0.3 is 6.03 Å². The Hall–Kier alpha value is -3.15. The van der Waals surface area contributed by atoms with E-state index in [-0.39, 0.29) is 18.2 Å². The van der Waals surface area contributed by atoms with Gasteiger partial charge < -0.3 is 10.1 Å². The molecule has 0 unspecified atom stereocenters. The van der Waals surface area contributed by atoms with Crippen LogP contribution in [0.2, 0.25) is 0 Å². The molecule has 0 aromatic heterocycles. The SMILES string of the molecule is CCOc1ccc(C(C)=O)cc1CN1C(=O)N[C@@](C)(c2ccc3c(c2)CCC3)C1=O. The van der Waals surface area contributed by atoms with Crippen LogP contribution in [-0.2, 0) is 29.7 Å². The molecular weight excluding hydrogens is 380 g/mol. The monoisotopic (exact) mass is 406 g/mol. The van der Waals surface area contributed by atoms with Crippen molar-refractivity contribution in [3.63, 3.8) is 0 Å². The first kappa shape index (κ1) is 20.1. The van der Waals surface area contributed by atoms with Crippen LogP contribution in [-0.4, -0.2) is 29.2 Å². The predicted octanol–water partition coefficient (Wildman–Crippen LogP) is 3.74. The Balaban J connectivity index is 1.65. The molecule has 3 amide bonds. The summed E-state index contributed by atoms with van der Waals surface area (Å²) in [7, 11) is 0. The number of rotatable bonds is 6. The summed E-state index contributed by atoms with van der Waals surface area (Å²) in [6.07, 6.45) is 3.18. The maximum absolute atomic E-state index is 13.4. The fourth-order valence-corrected chi connectivity index (χ4v) is 4.31. The summed E-state index contributed by atoms with van der Waals surface area (Å²) in [5.74, 6) is 0.176. The van der Waals surface area contributed by atoms with Gasteiger partial charge in [-0.05, 0) is 74.9 Å². The summed E-state index contributed by atoms with van der Waals surface area (Å²) in [6, 6.07) is 10.7. The van der Waals surface area contributed by atoms with Crippen LogP contribution in [0.25, 0.3) is 0 Å². The summed E-state index contributed by atoms with van der Waals surface area (Å²) in [5, 5.41) is 2.88. The Kier molecular flexibility index (Phi) is 5.10. The second-order valence-electron chi connectivity index (χ2n) is 8.10. The highest BCUT2D eigenvalue weighted by Gasteiger charge is 2.49. The number of ketones is 1. The molecule has 0 bridgehead atoms. The zero-order valence-electron chi connectivity index (χ0n) is 17.6. The second kappa shape index (κ2) is 7.59. The number of fused-ring (bicyclic) bond motifs is 1. The molecule has 1 saturated heterocycles. The van der Waals surface area contributed by atoms with Gasteiger partial charge in [-0.3, -0.25) is 14.5 Å². The van der Waals surface area contributed by atoms with Gasteiger partial charge in [0.15, 0.2) is 5.78 Å². The molecule has 6 heteroatoms. The average Bonchev–Trinajstić information content (AvgIpc) is 3.27. The van der Waals surface area contributed by atoms with Crippen molar-refractivity contribution in [1.82, 2.24) is 10.2 Å². The molecule has 0 saturated carbocycles. The van der Waals surface area contributed by atoms with Gasteiger partial charge in [0.25, 0.3) is 5.91 Å². The highest BCUT2D eigenvalue weighted by molar-refractivity contribution is 6.07. The van der Waals surface area contributed by atoms with Crippen molar-refractivity contribution >= 4 is 17.7 Å². The lowest BCUT2D eigenvalue weighted by molar-refractivity contribution is -0.131. The Morgan fingerprint density at radius 3 is 2.63 bits per heavy atom. The minimum Gasteiger partial charge on any atom is -0.494 e. The third kappa shape index (κ3) is 3.36. The van der Waals surface area contributed by atoms with Crippen LogP contribution >= 0.6 is 0 Å². The lowest BCUT2D eigenvalue weighted by Gasteiger charge is -2.23. The van der Waals surface area contributed by atoms with E-state index in [2.05, 4.69) is 11.4 Å². The molecule has 156 valence electrons. The van der Waals surface area contributed by atoms with Gasteiger partial charge in [0.2, 0.25) is 0 Å². The molecule has 2 aromatic rings. The van der Waals surface area contributed by atoms with Crippen LogP contribution in [0, 0.1) is 0 Å². The van der Waals surface area contributed by atoms with Crippen LogP contribution in [0.1, 0.15) is 59.8 Å². The second-order valence-corrected chi connectivity index (χ2v) is 8.10. The predicted molar refractivity (Wildman–Crippen MR) is 113 cm³/mol. The Labute approximate surface area is 176 Å². The number of ether oxygens (including phenoxy) is 1. The number of aryl methyl sites for hydroxylation is 2. The fourth-order valence-electron chi connectivity index (χ4n) is 4.31. The summed E-state index contributed by atoms with van der Waals surface area (Å²) in [4.78, 5) is 39.2. The van der Waals surface area contributed by atoms with Crippen LogP contribution < -0.4 is 10.1 Å². The van der Waals surface area contributed by atoms with Gasteiger partial charge in [0, 0.05) is 11.1 Å². The number of amides is 3. The molecule has 1 heterocycles. The third-order valence-electron chi connectivity index (χ3n) is 6.05. The van der Waals surface area contributed by atoms with Crippen molar-refractivity contribution in [2.45, 2.75) is 52.1 Å². The van der Waals surface area contributed by atoms with E-state index in [1.807, 2.05) is 19.1 Å². The van der Waals surface area contributed by atoms with Gasteiger partial charge in [-0.1, -0.05) is 18.2 Å². The van der Waals surface area contributed by atoms with Crippen LogP contribution in [0.4, 0.5) is 4.79 Å². The van der Waals surface area contributed by atoms with E-state index in [9.17, 15) is 14.4 Å². The average molecular weight is 406 g/mol. The first-order chi connectivity index (χ1) is 14.3. The van der Waals surface area contributed by atoms with Crippen molar-refractivity contribution in [3.05, 3.63) is 64.2 Å². The van der Waals surface area contributed by atoms with Crippen molar-refractivity contribution in [2.24, 2.45) is 0 Å². The number of imide groups is 1. The molecule has 2 aliphatic rings. The van der Waals surface area contributed by atoms with E-state index < -0.39 is 11.6 Å². The van der Waals surface area contributed by atoms with Crippen molar-refractivity contribution < 1.29 is 19.1 Å². The molecule has 4 rings (SSSR count). The van der Waals surface area contributed by atoms with E-state index in [0.29, 0.717) is 23.5 Å². The van der Waals surface area contributed by atoms with Crippen molar-refractivity contribution in [1.29, 1.82) is 0 Å². The highest BCUT2D eigenvalue weighted by Crippen LogP contribution is 2.34. The van der Waals surface area contributed by atoms with Gasteiger partial charge in [0.1, 0.15) is 11.3 Å². The number of urea groups is 1. The number of hydrogen-bond acceptors (Lipinski definition) is 4. The molecular formula is C24H26N2O4. The first-order valence-corrected chi connectivity index (χ1v) is 10.4. The van der Waals surface area contributed by atoms with E-state index in [1.165, 1.54) is 23.0 Å². The zero-order chi connectivity index (χ0) is 21.5. The Morgan fingerprint density at radius 2 is 1.90 bits per heavy atom. The fraction of sp³-hybridized carbons (Fsp3) is 0.375. The number of carbonyl (C=O) groups excluding carboxylic acids is 3. The molecule has 1 N–H and O–H groups in total. The van der Waals surface area contributed by atoms with Gasteiger partial charge in [0.05, 0.1) is 13.2 Å². The maximum atomic E-state index is 13.4. The van der Waals surface area contributed by atoms with Crippen LogP contribution in [0.3, 0.4) is 0 Å².